The number of esters is 1. The fourth-order valence-corrected chi connectivity index (χ4v) is 2.57. The molecule has 0 unspecified atom stereocenters. The molecule has 0 saturated carbocycles. The van der Waals surface area contributed by atoms with Crippen LogP contribution in [0.5, 0.6) is 0 Å². The van der Waals surface area contributed by atoms with E-state index in [0.717, 1.165) is 5.56 Å². The Morgan fingerprint density at radius 1 is 1.42 bits per heavy atom. The third-order valence-electron chi connectivity index (χ3n) is 2.45. The number of ether oxygens (including phenoxy) is 1. The summed E-state index contributed by atoms with van der Waals surface area (Å²) >= 11 is 1.22. The minimum Gasteiger partial charge on any atom is -0.464 e. The van der Waals surface area contributed by atoms with Crippen LogP contribution in [0.4, 0.5) is 0 Å². The van der Waals surface area contributed by atoms with Crippen molar-refractivity contribution >= 4 is 23.1 Å². The molecular formula is C13H12N2O3S. The second-order valence-corrected chi connectivity index (χ2v) is 4.95. The van der Waals surface area contributed by atoms with Crippen LogP contribution in [0.1, 0.15) is 37.7 Å². The van der Waals surface area contributed by atoms with Crippen LogP contribution >= 0.6 is 11.3 Å². The van der Waals surface area contributed by atoms with Crippen LogP contribution in [0.3, 0.4) is 0 Å². The van der Waals surface area contributed by atoms with E-state index < -0.39 is 5.97 Å². The number of ketones is 1. The molecule has 0 aliphatic heterocycles. The molecule has 0 atom stereocenters. The Hall–Kier alpha value is -2.08. The number of pyridine rings is 1. The average Bonchev–Trinajstić information content (AvgIpc) is 2.83. The maximum atomic E-state index is 11.6. The van der Waals surface area contributed by atoms with Crippen molar-refractivity contribution in [2.45, 2.75) is 13.3 Å². The Kier molecular flexibility index (Phi) is 4.01. The first-order chi connectivity index (χ1) is 9.11. The van der Waals surface area contributed by atoms with Gasteiger partial charge in [0.1, 0.15) is 4.88 Å². The van der Waals surface area contributed by atoms with Gasteiger partial charge in [-0.25, -0.2) is 9.78 Å². The van der Waals surface area contributed by atoms with Crippen molar-refractivity contribution in [2.24, 2.45) is 0 Å². The summed E-state index contributed by atoms with van der Waals surface area (Å²) in [6, 6.07) is 3.75. The lowest BCUT2D eigenvalue weighted by Gasteiger charge is -1.96. The molecule has 6 heteroatoms. The summed E-state index contributed by atoms with van der Waals surface area (Å²) in [5, 5.41) is 0.693. The first-order valence-electron chi connectivity index (χ1n) is 5.59. The van der Waals surface area contributed by atoms with Gasteiger partial charge in [-0.05, 0) is 11.6 Å². The molecule has 0 aliphatic rings. The van der Waals surface area contributed by atoms with Gasteiger partial charge in [0.15, 0.2) is 11.5 Å². The molecule has 0 saturated heterocycles. The fraction of sp³-hybridized carbons (Fsp3) is 0.231. The molecule has 2 aromatic heterocycles. The van der Waals surface area contributed by atoms with Crippen molar-refractivity contribution in [3.8, 4) is 0 Å². The Labute approximate surface area is 114 Å². The van der Waals surface area contributed by atoms with Gasteiger partial charge in [0, 0.05) is 25.7 Å². The van der Waals surface area contributed by atoms with Crippen molar-refractivity contribution in [2.75, 3.05) is 7.11 Å². The summed E-state index contributed by atoms with van der Waals surface area (Å²) in [5.74, 6) is -0.769. The van der Waals surface area contributed by atoms with E-state index in [0.29, 0.717) is 16.3 Å². The van der Waals surface area contributed by atoms with Gasteiger partial charge in [-0.2, -0.15) is 0 Å². The first-order valence-corrected chi connectivity index (χ1v) is 6.41. The number of thiazole rings is 1. The van der Waals surface area contributed by atoms with Crippen LogP contribution in [0.25, 0.3) is 0 Å². The van der Waals surface area contributed by atoms with Crippen LogP contribution in [0, 0.1) is 0 Å². The number of methoxy groups -OCH3 is 1. The Morgan fingerprint density at radius 3 is 2.79 bits per heavy atom. The standard InChI is InChI=1S/C13H12N2O3S/c1-8(16)12-11(13(17)18-2)15-10(19-12)6-9-4-3-5-14-7-9/h3-5,7H,6H2,1-2H3. The van der Waals surface area contributed by atoms with Crippen molar-refractivity contribution in [1.29, 1.82) is 0 Å². The van der Waals surface area contributed by atoms with Crippen LogP contribution in [0.2, 0.25) is 0 Å². The lowest BCUT2D eigenvalue weighted by Crippen LogP contribution is -2.07. The van der Waals surface area contributed by atoms with Gasteiger partial charge < -0.3 is 4.74 Å². The number of rotatable bonds is 4. The highest BCUT2D eigenvalue weighted by molar-refractivity contribution is 7.14. The van der Waals surface area contributed by atoms with Crippen molar-refractivity contribution < 1.29 is 14.3 Å². The molecule has 2 rings (SSSR count). The van der Waals surface area contributed by atoms with Crippen LogP contribution in [-0.4, -0.2) is 28.8 Å². The number of hydrogen-bond acceptors (Lipinski definition) is 6. The van der Waals surface area contributed by atoms with E-state index in [1.165, 1.54) is 25.4 Å². The molecule has 0 spiro atoms. The molecule has 0 bridgehead atoms. The molecule has 0 N–H and O–H groups in total. The number of aromatic nitrogens is 2. The lowest BCUT2D eigenvalue weighted by molar-refractivity contribution is 0.0591. The highest BCUT2D eigenvalue weighted by atomic mass is 32.1. The zero-order chi connectivity index (χ0) is 13.8. The molecule has 0 aromatic carbocycles. The third-order valence-corrected chi connectivity index (χ3v) is 3.60. The highest BCUT2D eigenvalue weighted by Gasteiger charge is 2.21. The lowest BCUT2D eigenvalue weighted by atomic mass is 10.2. The average molecular weight is 276 g/mol. The van der Waals surface area contributed by atoms with Crippen LogP contribution in [-0.2, 0) is 11.2 Å². The quantitative estimate of drug-likeness (QED) is 0.632. The van der Waals surface area contributed by atoms with E-state index >= 15 is 0 Å². The molecule has 2 aromatic rings. The molecule has 0 amide bonds. The number of hydrogen-bond donors (Lipinski definition) is 0. The second-order valence-electron chi connectivity index (χ2n) is 3.87. The van der Waals surface area contributed by atoms with E-state index in [9.17, 15) is 9.59 Å². The van der Waals surface area contributed by atoms with E-state index in [2.05, 4.69) is 14.7 Å². The maximum absolute atomic E-state index is 11.6. The third kappa shape index (κ3) is 3.03. The smallest absolute Gasteiger partial charge is 0.358 e. The Bertz CT molecular complexity index is 608. The molecular weight excluding hydrogens is 264 g/mol. The maximum Gasteiger partial charge on any atom is 0.358 e. The Balaban J connectivity index is 2.33. The van der Waals surface area contributed by atoms with Gasteiger partial charge in [-0.15, -0.1) is 11.3 Å². The van der Waals surface area contributed by atoms with Gasteiger partial charge in [-0.3, -0.25) is 9.78 Å². The van der Waals surface area contributed by atoms with Crippen LogP contribution < -0.4 is 0 Å². The Morgan fingerprint density at radius 2 is 2.21 bits per heavy atom. The molecule has 0 radical (unpaired) electrons. The SMILES string of the molecule is COC(=O)c1nc(Cc2cccnc2)sc1C(C)=O. The molecule has 0 fully saturated rings. The zero-order valence-electron chi connectivity index (χ0n) is 10.5. The summed E-state index contributed by atoms with van der Waals surface area (Å²) in [6.45, 7) is 1.41. The molecule has 98 valence electrons. The van der Waals surface area contributed by atoms with Gasteiger partial charge in [0.2, 0.25) is 0 Å². The topological polar surface area (TPSA) is 69.2 Å². The van der Waals surface area contributed by atoms with E-state index in [1.807, 2.05) is 12.1 Å². The first kappa shape index (κ1) is 13.4. The van der Waals surface area contributed by atoms with Crippen molar-refractivity contribution in [1.82, 2.24) is 9.97 Å². The summed E-state index contributed by atoms with van der Waals surface area (Å²) in [5.41, 5.74) is 1.07. The number of carbonyl (C=O) groups excluding carboxylic acids is 2. The summed E-state index contributed by atoms with van der Waals surface area (Å²) in [4.78, 5) is 31.6. The number of carbonyl (C=O) groups is 2. The molecule has 19 heavy (non-hydrogen) atoms. The predicted molar refractivity (Wildman–Crippen MR) is 70.5 cm³/mol. The minimum absolute atomic E-state index is 0.0962. The molecule has 2 heterocycles. The van der Waals surface area contributed by atoms with E-state index in [1.54, 1.807) is 12.4 Å². The van der Waals surface area contributed by atoms with E-state index in [-0.39, 0.29) is 11.5 Å². The van der Waals surface area contributed by atoms with Crippen molar-refractivity contribution in [3.05, 3.63) is 45.7 Å². The normalized spacial score (nSPS) is 10.2. The van der Waals surface area contributed by atoms with Gasteiger partial charge in [0.05, 0.1) is 12.1 Å². The molecule has 0 aliphatic carbocycles. The van der Waals surface area contributed by atoms with Gasteiger partial charge >= 0.3 is 5.97 Å². The number of nitrogens with zero attached hydrogens (tertiary/aromatic N) is 2. The zero-order valence-corrected chi connectivity index (χ0v) is 11.4. The predicted octanol–water partition coefficient (Wildman–Crippen LogP) is 2.12. The van der Waals surface area contributed by atoms with Crippen LogP contribution in [0.15, 0.2) is 24.5 Å². The minimum atomic E-state index is -0.584. The summed E-state index contributed by atoms with van der Waals surface area (Å²) < 4.78 is 4.63. The fourth-order valence-electron chi connectivity index (χ4n) is 1.59. The second kappa shape index (κ2) is 5.71. The van der Waals surface area contributed by atoms with Crippen molar-refractivity contribution in [3.63, 3.8) is 0 Å². The highest BCUT2D eigenvalue weighted by Crippen LogP contribution is 2.22. The number of Topliss-reactive ketones (excluding diaryl/α,β-unsaturated/α-hetero) is 1. The van der Waals surface area contributed by atoms with E-state index in [4.69, 9.17) is 0 Å². The van der Waals surface area contributed by atoms with Gasteiger partial charge in [-0.1, -0.05) is 6.07 Å². The summed E-state index contributed by atoms with van der Waals surface area (Å²) in [6.07, 6.45) is 3.95. The monoisotopic (exact) mass is 276 g/mol. The largest absolute Gasteiger partial charge is 0.464 e. The summed E-state index contributed by atoms with van der Waals surface area (Å²) in [7, 11) is 1.27. The van der Waals surface area contributed by atoms with Gasteiger partial charge in [0.25, 0.3) is 0 Å². The molecule has 5 nitrogen and oxygen atoms in total.